The third kappa shape index (κ3) is 6.58. The van der Waals surface area contributed by atoms with Gasteiger partial charge in [-0.25, -0.2) is 9.97 Å². The molecular weight excluding hydrogens is 544 g/mol. The zero-order chi connectivity index (χ0) is 28.8. The quantitative estimate of drug-likeness (QED) is 0.254. The predicted molar refractivity (Wildman–Crippen MR) is 162 cm³/mol. The van der Waals surface area contributed by atoms with Crippen molar-refractivity contribution in [3.05, 3.63) is 84.4 Å². The predicted octanol–water partition coefficient (Wildman–Crippen LogP) is 4.44. The first-order valence-electron chi connectivity index (χ1n) is 15.6. The summed E-state index contributed by atoms with van der Waals surface area (Å²) >= 11 is 0. The number of imidazole rings is 1. The van der Waals surface area contributed by atoms with Crippen molar-refractivity contribution in [2.45, 2.75) is 50.3 Å². The van der Waals surface area contributed by atoms with Crippen LogP contribution >= 0.6 is 0 Å². The minimum Gasteiger partial charge on any atom is -0.473 e. The molecular formula is C33H40N6O4. The van der Waals surface area contributed by atoms with Crippen molar-refractivity contribution >= 4 is 11.2 Å². The maximum Gasteiger partial charge on any atom is 0.245 e. The van der Waals surface area contributed by atoms with Crippen LogP contribution in [0.3, 0.4) is 0 Å². The number of aromatic nitrogens is 4. The zero-order valence-corrected chi connectivity index (χ0v) is 24.5. The Morgan fingerprint density at radius 3 is 2.21 bits per heavy atom. The lowest BCUT2D eigenvalue weighted by atomic mass is 9.96. The van der Waals surface area contributed by atoms with Gasteiger partial charge in [0, 0.05) is 52.4 Å². The third-order valence-electron chi connectivity index (χ3n) is 8.64. The van der Waals surface area contributed by atoms with Crippen LogP contribution in [-0.2, 0) is 14.2 Å². The minimum atomic E-state index is -0.195. The molecule has 3 fully saturated rings. The summed E-state index contributed by atoms with van der Waals surface area (Å²) in [5.41, 5.74) is 4.04. The van der Waals surface area contributed by atoms with Gasteiger partial charge in [-0.05, 0) is 30.4 Å². The molecule has 0 N–H and O–H groups in total. The van der Waals surface area contributed by atoms with E-state index in [0.29, 0.717) is 18.0 Å². The Hall–Kier alpha value is -3.41. The summed E-state index contributed by atoms with van der Waals surface area (Å²) in [7, 11) is 0. The Morgan fingerprint density at radius 2 is 1.53 bits per heavy atom. The average molecular weight is 585 g/mol. The van der Waals surface area contributed by atoms with Crippen molar-refractivity contribution in [1.82, 2.24) is 29.3 Å². The van der Waals surface area contributed by atoms with Gasteiger partial charge in [0.05, 0.1) is 12.4 Å². The molecule has 0 radical (unpaired) electrons. The van der Waals surface area contributed by atoms with Gasteiger partial charge >= 0.3 is 0 Å². The van der Waals surface area contributed by atoms with Crippen LogP contribution in [0.25, 0.3) is 11.2 Å². The molecule has 4 aromatic rings. The first kappa shape index (κ1) is 28.4. The van der Waals surface area contributed by atoms with Gasteiger partial charge in [-0.15, -0.1) is 0 Å². The van der Waals surface area contributed by atoms with E-state index in [1.807, 2.05) is 4.57 Å². The molecule has 0 amide bonds. The van der Waals surface area contributed by atoms with E-state index in [1.165, 1.54) is 17.5 Å². The number of fused-ring (bicyclic) bond motifs is 1. The van der Waals surface area contributed by atoms with Crippen molar-refractivity contribution in [3.63, 3.8) is 0 Å². The van der Waals surface area contributed by atoms with E-state index in [2.05, 4.69) is 85.4 Å². The van der Waals surface area contributed by atoms with Crippen LogP contribution in [0.2, 0.25) is 0 Å². The highest BCUT2D eigenvalue weighted by Gasteiger charge is 2.30. The van der Waals surface area contributed by atoms with Crippen molar-refractivity contribution in [2.75, 3.05) is 52.5 Å². The normalized spacial score (nSPS) is 22.4. The van der Waals surface area contributed by atoms with E-state index in [-0.39, 0.29) is 24.7 Å². The van der Waals surface area contributed by atoms with Crippen molar-refractivity contribution in [3.8, 4) is 5.88 Å². The Balaban J connectivity index is 1.02. The number of hydrogen-bond acceptors (Lipinski definition) is 9. The molecule has 5 heterocycles. The van der Waals surface area contributed by atoms with E-state index in [4.69, 9.17) is 18.9 Å². The molecule has 0 bridgehead atoms. The summed E-state index contributed by atoms with van der Waals surface area (Å²) in [5.74, 6) is 0.473. The lowest BCUT2D eigenvalue weighted by molar-refractivity contribution is -0.157. The topological polar surface area (TPSA) is 87.0 Å². The summed E-state index contributed by atoms with van der Waals surface area (Å²) in [6, 6.07) is 21.9. The van der Waals surface area contributed by atoms with Gasteiger partial charge in [0.25, 0.3) is 0 Å². The molecule has 10 nitrogen and oxygen atoms in total. The summed E-state index contributed by atoms with van der Waals surface area (Å²) in [5, 5.41) is 0. The summed E-state index contributed by atoms with van der Waals surface area (Å²) in [6.45, 7) is 6.45. The SMILES string of the molecule is c1ccc(C(c2ccccc2)N2CCN(CC(COc3ncnc4c3ncn4C3CCCO3)OC3CCCO3)CC2)cc1. The van der Waals surface area contributed by atoms with Gasteiger partial charge in [-0.2, -0.15) is 4.98 Å². The molecule has 2 aromatic heterocycles. The van der Waals surface area contributed by atoms with Gasteiger partial charge in [0.2, 0.25) is 5.88 Å². The van der Waals surface area contributed by atoms with E-state index < -0.39 is 0 Å². The molecule has 0 spiro atoms. The molecule has 3 aliphatic heterocycles. The highest BCUT2D eigenvalue weighted by Crippen LogP contribution is 2.31. The van der Waals surface area contributed by atoms with Crippen molar-refractivity contribution < 1.29 is 18.9 Å². The monoisotopic (exact) mass is 584 g/mol. The Morgan fingerprint density at radius 1 is 0.814 bits per heavy atom. The molecule has 3 saturated heterocycles. The first-order chi connectivity index (χ1) is 21.3. The van der Waals surface area contributed by atoms with Crippen LogP contribution < -0.4 is 4.74 Å². The second-order valence-corrected chi connectivity index (χ2v) is 11.5. The van der Waals surface area contributed by atoms with E-state index in [0.717, 1.165) is 77.3 Å². The summed E-state index contributed by atoms with van der Waals surface area (Å²) < 4.78 is 26.4. The Labute approximate surface area is 252 Å². The molecule has 10 heteroatoms. The van der Waals surface area contributed by atoms with Crippen LogP contribution in [0.5, 0.6) is 5.88 Å². The average Bonchev–Trinajstić information content (AvgIpc) is 3.85. The maximum absolute atomic E-state index is 6.46. The van der Waals surface area contributed by atoms with Crippen LogP contribution in [0.4, 0.5) is 0 Å². The van der Waals surface area contributed by atoms with Crippen LogP contribution in [-0.4, -0.2) is 94.3 Å². The number of piperazine rings is 1. The van der Waals surface area contributed by atoms with Crippen molar-refractivity contribution in [2.24, 2.45) is 0 Å². The fourth-order valence-corrected chi connectivity index (χ4v) is 6.48. The number of hydrogen-bond donors (Lipinski definition) is 0. The number of rotatable bonds is 11. The second-order valence-electron chi connectivity index (χ2n) is 11.5. The van der Waals surface area contributed by atoms with Crippen molar-refractivity contribution in [1.29, 1.82) is 0 Å². The molecule has 3 atom stereocenters. The summed E-state index contributed by atoms with van der Waals surface area (Å²) in [6.07, 6.45) is 6.83. The fourth-order valence-electron chi connectivity index (χ4n) is 6.48. The van der Waals surface area contributed by atoms with Gasteiger partial charge in [-0.1, -0.05) is 60.7 Å². The lowest BCUT2D eigenvalue weighted by Crippen LogP contribution is -2.51. The third-order valence-corrected chi connectivity index (χ3v) is 8.64. The lowest BCUT2D eigenvalue weighted by Gasteiger charge is -2.40. The molecule has 0 saturated carbocycles. The van der Waals surface area contributed by atoms with Crippen LogP contribution in [0, 0.1) is 0 Å². The number of benzene rings is 2. The standard InChI is InChI=1S/C33H40N6O4/c1-3-9-25(10-4-1)31(26-11-5-2-6-12-26)38-17-15-37(16-18-38)21-27(43-29-14-8-20-41-29)22-42-33-30-32(34-23-35-33)39(24-36-30)28-13-7-19-40-28/h1-6,9-12,23-24,27-29,31H,7-8,13-22H2. The number of ether oxygens (including phenoxy) is 4. The second kappa shape index (κ2) is 13.5. The Bertz CT molecular complexity index is 1390. The molecule has 0 aliphatic carbocycles. The molecule has 43 heavy (non-hydrogen) atoms. The van der Waals surface area contributed by atoms with Crippen LogP contribution in [0.15, 0.2) is 73.3 Å². The molecule has 226 valence electrons. The smallest absolute Gasteiger partial charge is 0.245 e. The first-order valence-corrected chi connectivity index (χ1v) is 15.6. The molecule has 3 unspecified atom stereocenters. The van der Waals surface area contributed by atoms with Gasteiger partial charge in [0.15, 0.2) is 17.5 Å². The minimum absolute atomic E-state index is 0.0367. The number of nitrogens with zero attached hydrogens (tertiary/aromatic N) is 6. The molecule has 3 aliphatic rings. The van der Waals surface area contributed by atoms with E-state index >= 15 is 0 Å². The Kier molecular flexibility index (Phi) is 8.90. The molecule has 7 rings (SSSR count). The van der Waals surface area contributed by atoms with Gasteiger partial charge in [0.1, 0.15) is 25.3 Å². The molecule has 2 aromatic carbocycles. The van der Waals surface area contributed by atoms with E-state index in [1.54, 1.807) is 6.33 Å². The largest absolute Gasteiger partial charge is 0.473 e. The maximum atomic E-state index is 6.46. The zero-order valence-electron chi connectivity index (χ0n) is 24.5. The highest BCUT2D eigenvalue weighted by molar-refractivity contribution is 5.76. The van der Waals surface area contributed by atoms with E-state index in [9.17, 15) is 0 Å². The highest BCUT2D eigenvalue weighted by atomic mass is 16.7. The summed E-state index contributed by atoms with van der Waals surface area (Å²) in [4.78, 5) is 18.6. The van der Waals surface area contributed by atoms with Gasteiger partial charge in [-0.3, -0.25) is 14.4 Å². The van der Waals surface area contributed by atoms with Gasteiger partial charge < -0.3 is 18.9 Å². The fraction of sp³-hybridized carbons (Fsp3) is 0.485. The van der Waals surface area contributed by atoms with Crippen LogP contribution in [0.1, 0.15) is 49.1 Å².